The number of nitrogens with zero attached hydrogens (tertiary/aromatic N) is 1. The van der Waals surface area contributed by atoms with Crippen LogP contribution in [0, 0.1) is 0 Å². The largest absolute Gasteiger partial charge is 0.356 e. The first-order valence-electron chi connectivity index (χ1n) is 7.94. The summed E-state index contributed by atoms with van der Waals surface area (Å²) in [5.74, 6) is -0.365. The van der Waals surface area contributed by atoms with Gasteiger partial charge >= 0.3 is 0 Å². The van der Waals surface area contributed by atoms with Gasteiger partial charge in [-0.05, 0) is 36.5 Å². The quantitative estimate of drug-likeness (QED) is 0.625. The highest BCUT2D eigenvalue weighted by atomic mass is 16.2. The second-order valence-corrected chi connectivity index (χ2v) is 6.64. The summed E-state index contributed by atoms with van der Waals surface area (Å²) < 4.78 is 0. The molecule has 0 saturated carbocycles. The highest BCUT2D eigenvalue weighted by Crippen LogP contribution is 2.22. The average molecular weight is 317 g/mol. The predicted octanol–water partition coefficient (Wildman–Crippen LogP) is 3.01. The van der Waals surface area contributed by atoms with Crippen molar-refractivity contribution in [1.29, 1.82) is 0 Å². The molecule has 0 heterocycles. The molecule has 0 spiro atoms. The first kappa shape index (κ1) is 18.9. The van der Waals surface area contributed by atoms with Gasteiger partial charge in [0.15, 0.2) is 0 Å². The molecule has 2 N–H and O–H groups in total. The Morgan fingerprint density at radius 3 is 2.26 bits per heavy atom. The molecule has 0 atom stereocenters. The molecule has 0 aromatic heterocycles. The van der Waals surface area contributed by atoms with Crippen LogP contribution in [0.3, 0.4) is 0 Å². The second-order valence-electron chi connectivity index (χ2n) is 6.64. The van der Waals surface area contributed by atoms with E-state index in [9.17, 15) is 9.59 Å². The third-order valence-electron chi connectivity index (χ3n) is 3.35. The minimum atomic E-state index is -0.279. The van der Waals surface area contributed by atoms with Crippen molar-refractivity contribution in [2.24, 2.45) is 5.10 Å². The van der Waals surface area contributed by atoms with Crippen molar-refractivity contribution in [3.63, 3.8) is 0 Å². The Hall–Kier alpha value is -2.17. The number of amides is 2. The lowest BCUT2D eigenvalue weighted by Crippen LogP contribution is -2.27. The third kappa shape index (κ3) is 6.63. The molecule has 5 heteroatoms. The van der Waals surface area contributed by atoms with Gasteiger partial charge in [-0.2, -0.15) is 5.10 Å². The molecule has 0 fully saturated rings. The maximum atomic E-state index is 12.0. The highest BCUT2D eigenvalue weighted by molar-refractivity contribution is 6.01. The van der Waals surface area contributed by atoms with E-state index in [2.05, 4.69) is 36.6 Å². The van der Waals surface area contributed by atoms with Gasteiger partial charge in [-0.25, -0.2) is 5.43 Å². The van der Waals surface area contributed by atoms with E-state index in [1.54, 1.807) is 19.1 Å². The first-order valence-corrected chi connectivity index (χ1v) is 7.94. The van der Waals surface area contributed by atoms with Crippen LogP contribution in [0.15, 0.2) is 29.4 Å². The van der Waals surface area contributed by atoms with E-state index in [-0.39, 0.29) is 23.7 Å². The number of carbonyl (C=O) groups excluding carboxylic acids is 2. The van der Waals surface area contributed by atoms with Crippen LogP contribution in [0.4, 0.5) is 0 Å². The standard InChI is InChI=1S/C18H27N3O2/c1-6-11-19-16(22)12-13(2)20-21-17(23)14-7-9-15(10-8-14)18(3,4)5/h7-10H,6,11-12H2,1-5H3,(H,19,22)(H,21,23)/b20-13+. The minimum absolute atomic E-state index is 0.0512. The highest BCUT2D eigenvalue weighted by Gasteiger charge is 2.14. The van der Waals surface area contributed by atoms with E-state index in [4.69, 9.17) is 0 Å². The van der Waals surface area contributed by atoms with Crippen molar-refractivity contribution < 1.29 is 9.59 Å². The summed E-state index contributed by atoms with van der Waals surface area (Å²) in [6.07, 6.45) is 1.08. The summed E-state index contributed by atoms with van der Waals surface area (Å²) in [6.45, 7) is 10.7. The zero-order valence-electron chi connectivity index (χ0n) is 14.7. The molecule has 0 unspecified atom stereocenters. The smallest absolute Gasteiger partial charge is 0.271 e. The van der Waals surface area contributed by atoms with Crippen molar-refractivity contribution in [3.8, 4) is 0 Å². The van der Waals surface area contributed by atoms with Crippen LogP contribution >= 0.6 is 0 Å². The topological polar surface area (TPSA) is 70.6 Å². The minimum Gasteiger partial charge on any atom is -0.356 e. The Kier molecular flexibility index (Phi) is 6.94. The molecule has 2 amide bonds. The monoisotopic (exact) mass is 317 g/mol. The molecule has 5 nitrogen and oxygen atoms in total. The van der Waals surface area contributed by atoms with Gasteiger partial charge in [0, 0.05) is 17.8 Å². The fourth-order valence-electron chi connectivity index (χ4n) is 1.93. The zero-order chi connectivity index (χ0) is 17.5. The summed E-state index contributed by atoms with van der Waals surface area (Å²) in [5.41, 5.74) is 4.82. The molecule has 23 heavy (non-hydrogen) atoms. The maximum absolute atomic E-state index is 12.0. The fourth-order valence-corrected chi connectivity index (χ4v) is 1.93. The molecule has 0 aliphatic carbocycles. The number of hydrogen-bond donors (Lipinski definition) is 2. The van der Waals surface area contributed by atoms with E-state index in [1.807, 2.05) is 19.1 Å². The summed E-state index contributed by atoms with van der Waals surface area (Å²) in [7, 11) is 0. The van der Waals surface area contributed by atoms with Gasteiger partial charge in [-0.15, -0.1) is 0 Å². The van der Waals surface area contributed by atoms with Gasteiger partial charge in [0.1, 0.15) is 0 Å². The van der Waals surface area contributed by atoms with Crippen LogP contribution in [0.25, 0.3) is 0 Å². The van der Waals surface area contributed by atoms with E-state index in [0.29, 0.717) is 17.8 Å². The molecule has 0 aliphatic rings. The molecule has 0 bridgehead atoms. The van der Waals surface area contributed by atoms with Crippen molar-refractivity contribution in [3.05, 3.63) is 35.4 Å². The Morgan fingerprint density at radius 2 is 1.74 bits per heavy atom. The SMILES string of the molecule is CCCNC(=O)C/C(C)=N/NC(=O)c1ccc(C(C)(C)C)cc1. The van der Waals surface area contributed by atoms with Gasteiger partial charge in [-0.1, -0.05) is 39.8 Å². The van der Waals surface area contributed by atoms with Crippen molar-refractivity contribution >= 4 is 17.5 Å². The number of carbonyl (C=O) groups is 2. The molecule has 1 aromatic carbocycles. The van der Waals surface area contributed by atoms with Gasteiger partial charge in [-0.3, -0.25) is 9.59 Å². The average Bonchev–Trinajstić information content (AvgIpc) is 2.49. The normalized spacial score (nSPS) is 12.0. The summed E-state index contributed by atoms with van der Waals surface area (Å²) >= 11 is 0. The Morgan fingerprint density at radius 1 is 1.13 bits per heavy atom. The molecule has 126 valence electrons. The lowest BCUT2D eigenvalue weighted by molar-refractivity contribution is -0.119. The summed E-state index contributed by atoms with van der Waals surface area (Å²) in [4.78, 5) is 23.6. The number of nitrogens with one attached hydrogen (secondary N) is 2. The van der Waals surface area contributed by atoms with Crippen LogP contribution in [-0.4, -0.2) is 24.1 Å². The van der Waals surface area contributed by atoms with E-state index in [1.165, 1.54) is 5.56 Å². The van der Waals surface area contributed by atoms with Crippen LogP contribution in [0.2, 0.25) is 0 Å². The maximum Gasteiger partial charge on any atom is 0.271 e. The molecule has 0 aliphatic heterocycles. The lowest BCUT2D eigenvalue weighted by Gasteiger charge is -2.18. The summed E-state index contributed by atoms with van der Waals surface area (Å²) in [6, 6.07) is 7.47. The first-order chi connectivity index (χ1) is 10.7. The Labute approximate surface area is 138 Å². The molecule has 0 radical (unpaired) electrons. The zero-order valence-corrected chi connectivity index (χ0v) is 14.7. The Balaban J connectivity index is 2.59. The third-order valence-corrected chi connectivity index (χ3v) is 3.35. The van der Waals surface area contributed by atoms with Crippen molar-refractivity contribution in [1.82, 2.24) is 10.7 Å². The molecular weight excluding hydrogens is 290 g/mol. The number of hydrazone groups is 1. The number of rotatable bonds is 6. The van der Waals surface area contributed by atoms with Crippen LogP contribution in [0.5, 0.6) is 0 Å². The van der Waals surface area contributed by atoms with Gasteiger partial charge < -0.3 is 5.32 Å². The van der Waals surface area contributed by atoms with Crippen molar-refractivity contribution in [2.45, 2.75) is 52.9 Å². The Bertz CT molecular complexity index is 569. The van der Waals surface area contributed by atoms with Crippen LogP contribution in [0.1, 0.15) is 63.4 Å². The molecule has 1 aromatic rings. The molecule has 1 rings (SSSR count). The lowest BCUT2D eigenvalue weighted by atomic mass is 9.87. The second kappa shape index (κ2) is 8.46. The predicted molar refractivity (Wildman–Crippen MR) is 93.6 cm³/mol. The van der Waals surface area contributed by atoms with Crippen LogP contribution < -0.4 is 10.7 Å². The van der Waals surface area contributed by atoms with Gasteiger partial charge in [0.05, 0.1) is 6.42 Å². The number of benzene rings is 1. The van der Waals surface area contributed by atoms with E-state index < -0.39 is 0 Å². The summed E-state index contributed by atoms with van der Waals surface area (Å²) in [5, 5.41) is 6.75. The van der Waals surface area contributed by atoms with Gasteiger partial charge in [0.2, 0.25) is 5.91 Å². The number of hydrogen-bond acceptors (Lipinski definition) is 3. The molecular formula is C18H27N3O2. The van der Waals surface area contributed by atoms with Crippen LogP contribution in [-0.2, 0) is 10.2 Å². The van der Waals surface area contributed by atoms with Gasteiger partial charge in [0.25, 0.3) is 5.91 Å². The van der Waals surface area contributed by atoms with E-state index >= 15 is 0 Å². The fraction of sp³-hybridized carbons (Fsp3) is 0.500. The van der Waals surface area contributed by atoms with Crippen molar-refractivity contribution in [2.75, 3.05) is 6.54 Å². The molecule has 0 saturated heterocycles. The van der Waals surface area contributed by atoms with E-state index in [0.717, 1.165) is 6.42 Å².